The van der Waals surface area contributed by atoms with E-state index >= 15 is 0 Å². The molecule has 0 saturated carbocycles. The SMILES string of the molecule is Cc1cnc2n(c1=O)CC(C(=O)Nc1nc3c(s1)CCCC3)CS2. The molecule has 0 spiro atoms. The third-order valence-corrected chi connectivity index (χ3v) is 6.67. The molecule has 1 atom stereocenters. The van der Waals surface area contributed by atoms with E-state index < -0.39 is 0 Å². The van der Waals surface area contributed by atoms with E-state index in [1.54, 1.807) is 29.0 Å². The topological polar surface area (TPSA) is 76.9 Å². The number of aryl methyl sites for hydroxylation is 3. The van der Waals surface area contributed by atoms with Crippen molar-refractivity contribution in [3.63, 3.8) is 0 Å². The molecule has 126 valence electrons. The highest BCUT2D eigenvalue weighted by molar-refractivity contribution is 7.99. The average molecular weight is 362 g/mol. The average Bonchev–Trinajstić information content (AvgIpc) is 3.00. The van der Waals surface area contributed by atoms with E-state index in [2.05, 4.69) is 15.3 Å². The standard InChI is InChI=1S/C16H18N4O2S2/c1-9-6-17-16-20(14(9)22)7-10(8-23-16)13(21)19-15-18-11-4-2-3-5-12(11)24-15/h6,10H,2-5,7-8H2,1H3,(H,18,19,21). The summed E-state index contributed by atoms with van der Waals surface area (Å²) >= 11 is 3.05. The van der Waals surface area contributed by atoms with Crippen molar-refractivity contribution in [1.82, 2.24) is 14.5 Å². The summed E-state index contributed by atoms with van der Waals surface area (Å²) in [6.45, 7) is 2.13. The fourth-order valence-electron chi connectivity index (χ4n) is 3.07. The number of carbonyl (C=O) groups excluding carboxylic acids is 1. The molecular weight excluding hydrogens is 344 g/mol. The molecule has 1 amide bonds. The molecule has 0 saturated heterocycles. The second-order valence-corrected chi connectivity index (χ2v) is 8.30. The van der Waals surface area contributed by atoms with Gasteiger partial charge in [0, 0.05) is 28.9 Å². The molecule has 3 heterocycles. The molecule has 2 aromatic heterocycles. The van der Waals surface area contributed by atoms with Crippen molar-refractivity contribution in [2.24, 2.45) is 5.92 Å². The molecule has 2 aliphatic rings. The summed E-state index contributed by atoms with van der Waals surface area (Å²) in [6, 6.07) is 0. The van der Waals surface area contributed by atoms with Crippen LogP contribution in [0.15, 0.2) is 16.1 Å². The van der Waals surface area contributed by atoms with E-state index in [-0.39, 0.29) is 17.4 Å². The molecule has 1 N–H and O–H groups in total. The van der Waals surface area contributed by atoms with Crippen LogP contribution in [0.2, 0.25) is 0 Å². The van der Waals surface area contributed by atoms with Crippen LogP contribution in [0, 0.1) is 12.8 Å². The maximum absolute atomic E-state index is 12.6. The Balaban J connectivity index is 1.50. The minimum atomic E-state index is -0.246. The van der Waals surface area contributed by atoms with Crippen LogP contribution in [0.1, 0.15) is 29.0 Å². The first-order valence-electron chi connectivity index (χ1n) is 8.10. The normalized spacial score (nSPS) is 19.5. The summed E-state index contributed by atoms with van der Waals surface area (Å²) in [6.07, 6.45) is 6.05. The van der Waals surface area contributed by atoms with Gasteiger partial charge in [0.1, 0.15) is 0 Å². The molecule has 2 aromatic rings. The largest absolute Gasteiger partial charge is 0.302 e. The quantitative estimate of drug-likeness (QED) is 0.829. The van der Waals surface area contributed by atoms with Gasteiger partial charge in [-0.2, -0.15) is 0 Å². The molecule has 0 radical (unpaired) electrons. The highest BCUT2D eigenvalue weighted by Gasteiger charge is 2.28. The van der Waals surface area contributed by atoms with Crippen LogP contribution >= 0.6 is 23.1 Å². The molecule has 6 nitrogen and oxygen atoms in total. The first-order valence-corrected chi connectivity index (χ1v) is 9.90. The van der Waals surface area contributed by atoms with Crippen molar-refractivity contribution < 1.29 is 4.79 Å². The molecule has 1 aliphatic carbocycles. The number of hydrogen-bond donors (Lipinski definition) is 1. The second kappa shape index (κ2) is 6.33. The third kappa shape index (κ3) is 2.88. The summed E-state index contributed by atoms with van der Waals surface area (Å²) in [4.78, 5) is 35.0. The van der Waals surface area contributed by atoms with Crippen LogP contribution in [-0.4, -0.2) is 26.2 Å². The van der Waals surface area contributed by atoms with Crippen molar-refractivity contribution in [2.75, 3.05) is 11.1 Å². The molecule has 8 heteroatoms. The van der Waals surface area contributed by atoms with Gasteiger partial charge in [-0.1, -0.05) is 11.8 Å². The maximum atomic E-state index is 12.6. The van der Waals surface area contributed by atoms with Gasteiger partial charge >= 0.3 is 0 Å². The summed E-state index contributed by atoms with van der Waals surface area (Å²) in [5.41, 5.74) is 1.68. The van der Waals surface area contributed by atoms with Crippen LogP contribution in [0.25, 0.3) is 0 Å². The monoisotopic (exact) mass is 362 g/mol. The van der Waals surface area contributed by atoms with Crippen LogP contribution in [0.5, 0.6) is 0 Å². The molecular formula is C16H18N4O2S2. The number of fused-ring (bicyclic) bond motifs is 2. The number of amides is 1. The van der Waals surface area contributed by atoms with Gasteiger partial charge in [-0.25, -0.2) is 9.97 Å². The molecule has 0 fully saturated rings. The van der Waals surface area contributed by atoms with Gasteiger partial charge in [-0.15, -0.1) is 11.3 Å². The highest BCUT2D eigenvalue weighted by Crippen LogP contribution is 2.31. The number of aromatic nitrogens is 3. The summed E-state index contributed by atoms with van der Waals surface area (Å²) in [5, 5.41) is 4.34. The van der Waals surface area contributed by atoms with Gasteiger partial charge in [-0.3, -0.25) is 14.2 Å². The fourth-order valence-corrected chi connectivity index (χ4v) is 5.17. The van der Waals surface area contributed by atoms with Crippen molar-refractivity contribution in [3.05, 3.63) is 32.7 Å². The molecule has 1 aliphatic heterocycles. The lowest BCUT2D eigenvalue weighted by molar-refractivity contribution is -0.119. The van der Waals surface area contributed by atoms with E-state index in [4.69, 9.17) is 0 Å². The Morgan fingerprint density at radius 3 is 3.04 bits per heavy atom. The predicted molar refractivity (Wildman–Crippen MR) is 94.8 cm³/mol. The van der Waals surface area contributed by atoms with Crippen molar-refractivity contribution >= 4 is 34.1 Å². The lowest BCUT2D eigenvalue weighted by Crippen LogP contribution is -2.37. The Labute approximate surface area is 147 Å². The van der Waals surface area contributed by atoms with E-state index in [0.717, 1.165) is 18.5 Å². The Morgan fingerprint density at radius 1 is 1.38 bits per heavy atom. The lowest BCUT2D eigenvalue weighted by atomic mass is 10.0. The predicted octanol–water partition coefficient (Wildman–Crippen LogP) is 2.25. The Bertz CT molecular complexity index is 835. The first-order chi connectivity index (χ1) is 11.6. The van der Waals surface area contributed by atoms with Gasteiger partial charge < -0.3 is 5.32 Å². The number of nitrogens with zero attached hydrogens (tertiary/aromatic N) is 3. The van der Waals surface area contributed by atoms with E-state index in [1.807, 2.05) is 0 Å². The Kier molecular flexibility index (Phi) is 4.17. The van der Waals surface area contributed by atoms with Crippen LogP contribution in [-0.2, 0) is 24.2 Å². The number of nitrogens with one attached hydrogen (secondary N) is 1. The third-order valence-electron chi connectivity index (χ3n) is 4.45. The zero-order valence-electron chi connectivity index (χ0n) is 13.4. The van der Waals surface area contributed by atoms with Gasteiger partial charge in [0.2, 0.25) is 5.91 Å². The van der Waals surface area contributed by atoms with Crippen LogP contribution in [0.4, 0.5) is 5.13 Å². The molecule has 0 bridgehead atoms. The lowest BCUT2D eigenvalue weighted by Gasteiger charge is -2.23. The number of thioether (sulfide) groups is 1. The number of rotatable bonds is 2. The zero-order chi connectivity index (χ0) is 16.7. The van der Waals surface area contributed by atoms with Gasteiger partial charge in [0.25, 0.3) is 5.56 Å². The molecule has 1 unspecified atom stereocenters. The van der Waals surface area contributed by atoms with Crippen molar-refractivity contribution in [2.45, 2.75) is 44.3 Å². The molecule has 0 aromatic carbocycles. The maximum Gasteiger partial charge on any atom is 0.257 e. The van der Waals surface area contributed by atoms with Crippen molar-refractivity contribution in [1.29, 1.82) is 0 Å². The number of thiazole rings is 1. The minimum absolute atomic E-state index is 0.0605. The van der Waals surface area contributed by atoms with Crippen LogP contribution in [0.3, 0.4) is 0 Å². The smallest absolute Gasteiger partial charge is 0.257 e. The van der Waals surface area contributed by atoms with Gasteiger partial charge in [0.15, 0.2) is 10.3 Å². The fraction of sp³-hybridized carbons (Fsp3) is 0.500. The zero-order valence-corrected chi connectivity index (χ0v) is 15.0. The summed E-state index contributed by atoms with van der Waals surface area (Å²) in [5.74, 6) is 0.323. The Morgan fingerprint density at radius 2 is 2.21 bits per heavy atom. The van der Waals surface area contributed by atoms with Gasteiger partial charge in [0.05, 0.1) is 11.6 Å². The highest BCUT2D eigenvalue weighted by atomic mass is 32.2. The number of anilines is 1. The second-order valence-electron chi connectivity index (χ2n) is 6.23. The summed E-state index contributed by atoms with van der Waals surface area (Å²) < 4.78 is 1.61. The molecule has 24 heavy (non-hydrogen) atoms. The van der Waals surface area contributed by atoms with E-state index in [0.29, 0.717) is 28.1 Å². The number of carbonyl (C=O) groups is 1. The van der Waals surface area contributed by atoms with E-state index in [1.165, 1.54) is 29.5 Å². The van der Waals surface area contributed by atoms with Crippen LogP contribution < -0.4 is 10.9 Å². The minimum Gasteiger partial charge on any atom is -0.302 e. The number of hydrogen-bond acceptors (Lipinski definition) is 6. The Hall–Kier alpha value is -1.67. The summed E-state index contributed by atoms with van der Waals surface area (Å²) in [7, 11) is 0. The van der Waals surface area contributed by atoms with Crippen molar-refractivity contribution in [3.8, 4) is 0 Å². The molecule has 4 rings (SSSR count). The first kappa shape index (κ1) is 15.8. The van der Waals surface area contributed by atoms with E-state index in [9.17, 15) is 9.59 Å². The van der Waals surface area contributed by atoms with Gasteiger partial charge in [-0.05, 0) is 32.6 Å².